The summed E-state index contributed by atoms with van der Waals surface area (Å²) in [6.45, 7) is 14.1. The van der Waals surface area contributed by atoms with E-state index in [9.17, 15) is 14.0 Å². The third kappa shape index (κ3) is 6.67. The minimum atomic E-state index is -0.794. The lowest BCUT2D eigenvalue weighted by molar-refractivity contribution is 0.0474. The van der Waals surface area contributed by atoms with Gasteiger partial charge >= 0.3 is 12.2 Å². The monoisotopic (exact) mass is 431 g/mol. The van der Waals surface area contributed by atoms with Crippen molar-refractivity contribution < 1.29 is 23.5 Å². The Balaban J connectivity index is 2.56. The molecular formula is C23H30FN3O4. The maximum absolute atomic E-state index is 14.5. The van der Waals surface area contributed by atoms with Crippen LogP contribution in [0.1, 0.15) is 59.8 Å². The Bertz CT molecular complexity index is 954. The van der Waals surface area contributed by atoms with E-state index in [1.807, 2.05) is 0 Å². The zero-order valence-electron chi connectivity index (χ0n) is 18.9. The van der Waals surface area contributed by atoms with Crippen molar-refractivity contribution in [2.24, 2.45) is 0 Å². The van der Waals surface area contributed by atoms with Gasteiger partial charge in [-0.25, -0.2) is 23.5 Å². The molecule has 8 heteroatoms. The molecule has 0 fully saturated rings. The van der Waals surface area contributed by atoms with E-state index in [0.717, 1.165) is 0 Å². The molecule has 1 aromatic carbocycles. The van der Waals surface area contributed by atoms with Gasteiger partial charge in [-0.1, -0.05) is 18.2 Å². The van der Waals surface area contributed by atoms with Gasteiger partial charge in [-0.05, 0) is 60.1 Å². The fourth-order valence-electron chi connectivity index (χ4n) is 2.82. The Hall–Kier alpha value is -3.16. The summed E-state index contributed by atoms with van der Waals surface area (Å²) in [4.78, 5) is 29.8. The van der Waals surface area contributed by atoms with E-state index in [-0.39, 0.29) is 23.5 Å². The lowest BCUT2D eigenvalue weighted by Crippen LogP contribution is -2.37. The molecule has 0 bridgehead atoms. The van der Waals surface area contributed by atoms with Crippen LogP contribution in [-0.2, 0) is 9.47 Å². The minimum Gasteiger partial charge on any atom is -0.444 e. The maximum atomic E-state index is 14.5. The van der Waals surface area contributed by atoms with Crippen molar-refractivity contribution in [1.82, 2.24) is 14.9 Å². The lowest BCUT2D eigenvalue weighted by atomic mass is 10.1. The highest BCUT2D eigenvalue weighted by atomic mass is 19.1. The summed E-state index contributed by atoms with van der Waals surface area (Å²) in [5.41, 5.74) is -1.11. The summed E-state index contributed by atoms with van der Waals surface area (Å²) >= 11 is 0. The molecular weight excluding hydrogens is 401 g/mol. The molecule has 7 nitrogen and oxygen atoms in total. The van der Waals surface area contributed by atoms with Crippen LogP contribution < -0.4 is 5.32 Å². The number of nitrogens with one attached hydrogen (secondary N) is 1. The number of benzene rings is 1. The number of alkyl carbamates (subject to hydrolysis) is 1. The first kappa shape index (κ1) is 24.1. The van der Waals surface area contributed by atoms with E-state index in [2.05, 4.69) is 16.9 Å². The van der Waals surface area contributed by atoms with Crippen LogP contribution in [0, 0.1) is 5.82 Å². The van der Waals surface area contributed by atoms with Gasteiger partial charge in [0.1, 0.15) is 22.8 Å². The van der Waals surface area contributed by atoms with E-state index < -0.39 is 35.2 Å². The molecule has 1 amide bonds. The molecule has 0 aliphatic heterocycles. The summed E-state index contributed by atoms with van der Waals surface area (Å²) in [6.07, 6.45) is 1.81. The van der Waals surface area contributed by atoms with Gasteiger partial charge in [0, 0.05) is 5.56 Å². The van der Waals surface area contributed by atoms with Crippen LogP contribution in [0.2, 0.25) is 0 Å². The number of hydrogen-bond donors (Lipinski definition) is 1. The molecule has 0 spiro atoms. The average Bonchev–Trinajstić information content (AvgIpc) is 3.03. The van der Waals surface area contributed by atoms with Crippen LogP contribution in [0.15, 0.2) is 43.1 Å². The number of aromatic nitrogens is 2. The molecule has 0 aliphatic rings. The maximum Gasteiger partial charge on any atom is 0.420 e. The van der Waals surface area contributed by atoms with Crippen molar-refractivity contribution in [3.63, 3.8) is 0 Å². The van der Waals surface area contributed by atoms with E-state index in [1.165, 1.54) is 16.8 Å². The molecule has 1 N–H and O–H groups in total. The summed E-state index contributed by atoms with van der Waals surface area (Å²) in [7, 11) is 0. The Morgan fingerprint density at radius 1 is 1.16 bits per heavy atom. The van der Waals surface area contributed by atoms with Crippen molar-refractivity contribution in [3.8, 4) is 11.3 Å². The van der Waals surface area contributed by atoms with E-state index in [0.29, 0.717) is 0 Å². The first-order chi connectivity index (χ1) is 14.3. The molecule has 1 aromatic heterocycles. The standard InChI is InChI=1S/C23H30FN3O4/c1-8-11-17(26-20(28)30-22(2,3)4)19-25-14-18(15-12-9-10-13-16(15)24)27(19)21(29)31-23(5,6)7/h8-10,12-14,17H,1,11H2,2-7H3,(H,26,28)/t17-/m0/s1. The number of carbonyl (C=O) groups excluding carboxylic acids is 2. The second-order valence-electron chi connectivity index (χ2n) is 9.02. The molecule has 2 rings (SSSR count). The van der Waals surface area contributed by atoms with Crippen LogP contribution in [0.4, 0.5) is 14.0 Å². The molecule has 0 aliphatic carbocycles. The molecule has 0 saturated carbocycles. The predicted octanol–water partition coefficient (Wildman–Crippen LogP) is 5.61. The van der Waals surface area contributed by atoms with Crippen LogP contribution in [0.25, 0.3) is 11.3 Å². The molecule has 0 unspecified atom stereocenters. The van der Waals surface area contributed by atoms with Gasteiger partial charge in [0.2, 0.25) is 0 Å². The molecule has 1 heterocycles. The smallest absolute Gasteiger partial charge is 0.420 e. The summed E-state index contributed by atoms with van der Waals surface area (Å²) in [5.74, 6) is -0.336. The van der Waals surface area contributed by atoms with Crippen LogP contribution in [0.3, 0.4) is 0 Å². The Labute approximate surface area is 182 Å². The van der Waals surface area contributed by atoms with Gasteiger partial charge < -0.3 is 14.8 Å². The normalized spacial score (nSPS) is 12.7. The highest BCUT2D eigenvalue weighted by Gasteiger charge is 2.30. The van der Waals surface area contributed by atoms with E-state index in [4.69, 9.17) is 9.47 Å². The zero-order chi connectivity index (χ0) is 23.4. The highest BCUT2D eigenvalue weighted by molar-refractivity contribution is 5.79. The second-order valence-corrected chi connectivity index (χ2v) is 9.02. The summed E-state index contributed by atoms with van der Waals surface area (Å²) < 4.78 is 26.5. The van der Waals surface area contributed by atoms with Gasteiger partial charge in [-0.3, -0.25) is 0 Å². The third-order valence-corrected chi connectivity index (χ3v) is 3.92. The quantitative estimate of drug-likeness (QED) is 0.622. The first-order valence-electron chi connectivity index (χ1n) is 9.98. The number of hydrogen-bond acceptors (Lipinski definition) is 5. The fraction of sp³-hybridized carbons (Fsp3) is 0.435. The SMILES string of the molecule is C=CC[C@H](NC(=O)OC(C)(C)C)c1ncc(-c2ccccc2F)n1C(=O)OC(C)(C)C. The number of rotatable bonds is 5. The van der Waals surface area contributed by atoms with Gasteiger partial charge in [0.25, 0.3) is 0 Å². The van der Waals surface area contributed by atoms with Crippen molar-refractivity contribution in [2.75, 3.05) is 0 Å². The number of imidazole rings is 1. The topological polar surface area (TPSA) is 82.5 Å². The van der Waals surface area contributed by atoms with Crippen LogP contribution in [-0.4, -0.2) is 32.9 Å². The van der Waals surface area contributed by atoms with Crippen LogP contribution in [0.5, 0.6) is 0 Å². The Kier molecular flexibility index (Phi) is 7.25. The van der Waals surface area contributed by atoms with Crippen molar-refractivity contribution >= 4 is 12.2 Å². The van der Waals surface area contributed by atoms with Crippen molar-refractivity contribution in [1.29, 1.82) is 0 Å². The third-order valence-electron chi connectivity index (χ3n) is 3.92. The van der Waals surface area contributed by atoms with Gasteiger partial charge in [-0.2, -0.15) is 0 Å². The molecule has 2 aromatic rings. The molecule has 0 radical (unpaired) electrons. The number of nitrogens with zero attached hydrogens (tertiary/aromatic N) is 2. The van der Waals surface area contributed by atoms with E-state index >= 15 is 0 Å². The van der Waals surface area contributed by atoms with Gasteiger partial charge in [-0.15, -0.1) is 6.58 Å². The van der Waals surface area contributed by atoms with E-state index in [1.54, 1.807) is 65.8 Å². The Morgan fingerprint density at radius 2 is 1.77 bits per heavy atom. The van der Waals surface area contributed by atoms with Crippen molar-refractivity contribution in [2.45, 2.75) is 65.2 Å². The Morgan fingerprint density at radius 3 is 2.32 bits per heavy atom. The fourth-order valence-corrected chi connectivity index (χ4v) is 2.82. The molecule has 0 saturated heterocycles. The van der Waals surface area contributed by atoms with Crippen molar-refractivity contribution in [3.05, 3.63) is 54.8 Å². The summed E-state index contributed by atoms with van der Waals surface area (Å²) in [6, 6.07) is 5.30. The van der Waals surface area contributed by atoms with Crippen LogP contribution >= 0.6 is 0 Å². The number of halogens is 1. The number of ether oxygens (including phenoxy) is 2. The lowest BCUT2D eigenvalue weighted by Gasteiger charge is -2.25. The average molecular weight is 432 g/mol. The summed E-state index contributed by atoms with van der Waals surface area (Å²) in [5, 5.41) is 2.71. The minimum absolute atomic E-state index is 0.179. The number of carbonyl (C=O) groups is 2. The number of amides is 1. The largest absolute Gasteiger partial charge is 0.444 e. The first-order valence-corrected chi connectivity index (χ1v) is 9.98. The van der Waals surface area contributed by atoms with Gasteiger partial charge in [0.15, 0.2) is 0 Å². The highest BCUT2D eigenvalue weighted by Crippen LogP contribution is 2.28. The zero-order valence-corrected chi connectivity index (χ0v) is 18.9. The predicted molar refractivity (Wildman–Crippen MR) is 116 cm³/mol. The molecule has 31 heavy (non-hydrogen) atoms. The van der Waals surface area contributed by atoms with Gasteiger partial charge in [0.05, 0.1) is 17.9 Å². The second kappa shape index (κ2) is 9.32. The molecule has 1 atom stereocenters. The molecule has 168 valence electrons.